The number of sulfonamides is 1. The molecule has 1 aromatic carbocycles. The van der Waals surface area contributed by atoms with Crippen molar-refractivity contribution in [2.75, 3.05) is 17.2 Å². The molecular weight excluding hydrogens is 338 g/mol. The fourth-order valence-corrected chi connectivity index (χ4v) is 3.80. The summed E-state index contributed by atoms with van der Waals surface area (Å²) in [7, 11) is -3.58. The van der Waals surface area contributed by atoms with E-state index in [1.807, 2.05) is 54.6 Å². The average Bonchev–Trinajstić information content (AvgIpc) is 2.92. The van der Waals surface area contributed by atoms with Crippen LogP contribution in [0.15, 0.2) is 48.7 Å². The van der Waals surface area contributed by atoms with Crippen molar-refractivity contribution >= 4 is 33.8 Å². The quantitative estimate of drug-likeness (QED) is 0.884. The number of rotatable bonds is 5. The molecule has 25 heavy (non-hydrogen) atoms. The van der Waals surface area contributed by atoms with E-state index in [2.05, 4.69) is 4.98 Å². The number of primary sulfonamides is 1. The Hall–Kier alpha value is -2.51. The Morgan fingerprint density at radius 2 is 2.04 bits per heavy atom. The summed E-state index contributed by atoms with van der Waals surface area (Å²) in [6, 6.07) is 13.2. The third kappa shape index (κ3) is 4.74. The van der Waals surface area contributed by atoms with Gasteiger partial charge in [0.05, 0.1) is 11.4 Å². The summed E-state index contributed by atoms with van der Waals surface area (Å²) < 4.78 is 22.5. The lowest BCUT2D eigenvalue weighted by molar-refractivity contribution is -0.117. The Labute approximate surface area is 147 Å². The molecule has 1 unspecified atom stereocenters. The third-order valence-electron chi connectivity index (χ3n) is 3.99. The van der Waals surface area contributed by atoms with E-state index >= 15 is 0 Å². The first-order chi connectivity index (χ1) is 11.9. The average molecular weight is 357 g/mol. The van der Waals surface area contributed by atoms with Crippen molar-refractivity contribution in [3.05, 3.63) is 59.9 Å². The fourth-order valence-electron chi connectivity index (χ4n) is 2.92. The van der Waals surface area contributed by atoms with Gasteiger partial charge in [-0.15, -0.1) is 0 Å². The van der Waals surface area contributed by atoms with Crippen LogP contribution in [0.5, 0.6) is 0 Å². The molecule has 0 radical (unpaired) electrons. The zero-order valence-corrected chi connectivity index (χ0v) is 14.4. The summed E-state index contributed by atoms with van der Waals surface area (Å²) in [5, 5.41) is 5.09. The van der Waals surface area contributed by atoms with Crippen molar-refractivity contribution < 1.29 is 13.2 Å². The summed E-state index contributed by atoms with van der Waals surface area (Å²) in [5.41, 5.74) is 2.54. The lowest BCUT2D eigenvalue weighted by Crippen LogP contribution is -2.27. The largest absolute Gasteiger partial charge is 0.312 e. The predicted octanol–water partition coefficient (Wildman–Crippen LogP) is 1.89. The van der Waals surface area contributed by atoms with Gasteiger partial charge in [0.1, 0.15) is 0 Å². The Morgan fingerprint density at radius 3 is 2.76 bits per heavy atom. The van der Waals surface area contributed by atoms with E-state index in [-0.39, 0.29) is 24.0 Å². The van der Waals surface area contributed by atoms with Gasteiger partial charge in [0.25, 0.3) is 0 Å². The van der Waals surface area contributed by atoms with Crippen LogP contribution in [0.1, 0.15) is 17.7 Å². The molecule has 1 saturated heterocycles. The predicted molar refractivity (Wildman–Crippen MR) is 98.0 cm³/mol. The minimum absolute atomic E-state index is 0.0838. The van der Waals surface area contributed by atoms with Gasteiger partial charge < -0.3 is 4.90 Å². The summed E-state index contributed by atoms with van der Waals surface area (Å²) >= 11 is 0. The number of aromatic nitrogens is 1. The van der Waals surface area contributed by atoms with Crippen molar-refractivity contribution in [2.24, 2.45) is 11.1 Å². The van der Waals surface area contributed by atoms with Crippen LogP contribution in [0, 0.1) is 5.92 Å². The lowest BCUT2D eigenvalue weighted by atomic mass is 10.1. The number of hydrogen-bond donors (Lipinski definition) is 1. The van der Waals surface area contributed by atoms with Gasteiger partial charge >= 0.3 is 0 Å². The van der Waals surface area contributed by atoms with E-state index in [0.29, 0.717) is 6.54 Å². The van der Waals surface area contributed by atoms with Gasteiger partial charge in [-0.05, 0) is 35.9 Å². The number of carbonyl (C=O) groups excluding carboxylic acids is 1. The molecule has 0 aliphatic carbocycles. The highest BCUT2D eigenvalue weighted by atomic mass is 32.2. The number of hydrogen-bond acceptors (Lipinski definition) is 4. The first kappa shape index (κ1) is 17.3. The van der Waals surface area contributed by atoms with Crippen molar-refractivity contribution in [3.8, 4) is 0 Å². The van der Waals surface area contributed by atoms with Gasteiger partial charge in [-0.2, -0.15) is 0 Å². The van der Waals surface area contributed by atoms with Gasteiger partial charge in [-0.3, -0.25) is 9.78 Å². The van der Waals surface area contributed by atoms with E-state index in [1.54, 1.807) is 11.1 Å². The van der Waals surface area contributed by atoms with Crippen LogP contribution < -0.4 is 10.0 Å². The van der Waals surface area contributed by atoms with Gasteiger partial charge in [0.15, 0.2) is 0 Å². The number of carbonyl (C=O) groups is 1. The molecule has 2 N–H and O–H groups in total. The van der Waals surface area contributed by atoms with Gasteiger partial charge in [0, 0.05) is 30.8 Å². The molecule has 2 aromatic rings. The summed E-state index contributed by atoms with van der Waals surface area (Å²) in [6.45, 7) is 0.364. The van der Waals surface area contributed by atoms with Gasteiger partial charge in [-0.25, -0.2) is 13.6 Å². The molecule has 1 amide bonds. The van der Waals surface area contributed by atoms with Crippen LogP contribution in [-0.4, -0.2) is 31.6 Å². The van der Waals surface area contributed by atoms with Crippen LogP contribution in [-0.2, 0) is 14.8 Å². The maximum Gasteiger partial charge on any atom is 0.227 e. The minimum Gasteiger partial charge on any atom is -0.312 e. The highest BCUT2D eigenvalue weighted by Crippen LogP contribution is 2.26. The van der Waals surface area contributed by atoms with E-state index in [9.17, 15) is 13.2 Å². The van der Waals surface area contributed by atoms with E-state index in [4.69, 9.17) is 5.14 Å². The third-order valence-corrected chi connectivity index (χ3v) is 4.93. The second-order valence-electron chi connectivity index (χ2n) is 6.09. The molecule has 7 heteroatoms. The molecule has 0 spiro atoms. The van der Waals surface area contributed by atoms with Gasteiger partial charge in [0.2, 0.25) is 15.9 Å². The van der Waals surface area contributed by atoms with E-state index in [0.717, 1.165) is 16.9 Å². The molecule has 1 fully saturated rings. The molecule has 1 aromatic heterocycles. The van der Waals surface area contributed by atoms with Crippen LogP contribution in [0.25, 0.3) is 12.2 Å². The fraction of sp³-hybridized carbons (Fsp3) is 0.222. The molecule has 1 aliphatic rings. The lowest BCUT2D eigenvalue weighted by Gasteiger charge is -2.17. The summed E-state index contributed by atoms with van der Waals surface area (Å²) in [5.74, 6) is -0.524. The minimum atomic E-state index is -3.58. The van der Waals surface area contributed by atoms with Crippen LogP contribution in [0.2, 0.25) is 0 Å². The first-order valence-corrected chi connectivity index (χ1v) is 9.62. The molecule has 6 nitrogen and oxygen atoms in total. The maximum absolute atomic E-state index is 12.2. The highest BCUT2D eigenvalue weighted by Gasteiger charge is 2.32. The van der Waals surface area contributed by atoms with Crippen LogP contribution in [0.4, 0.5) is 5.69 Å². The summed E-state index contributed by atoms with van der Waals surface area (Å²) in [6.07, 6.45) is 5.75. The molecule has 3 rings (SSSR count). The van der Waals surface area contributed by atoms with E-state index < -0.39 is 10.0 Å². The zero-order valence-electron chi connectivity index (χ0n) is 13.6. The Kier molecular flexibility index (Phi) is 4.96. The van der Waals surface area contributed by atoms with Crippen LogP contribution in [0.3, 0.4) is 0 Å². The number of amides is 1. The van der Waals surface area contributed by atoms with E-state index in [1.165, 1.54) is 0 Å². The first-order valence-electron chi connectivity index (χ1n) is 7.91. The monoisotopic (exact) mass is 357 g/mol. The number of nitrogens with zero attached hydrogens (tertiary/aromatic N) is 2. The number of nitrogens with two attached hydrogens (primary N) is 1. The Balaban J connectivity index is 1.75. The normalized spacial score (nSPS) is 18.2. The number of pyridine rings is 1. The number of anilines is 1. The molecule has 0 saturated carbocycles. The molecule has 0 bridgehead atoms. The second-order valence-corrected chi connectivity index (χ2v) is 7.75. The van der Waals surface area contributed by atoms with Crippen molar-refractivity contribution in [2.45, 2.75) is 6.42 Å². The SMILES string of the molecule is NS(=O)(=O)CC1CC(=O)N(c2cccc(C=Cc3ccccn3)c2)C1. The molecule has 130 valence electrons. The smallest absolute Gasteiger partial charge is 0.227 e. The summed E-state index contributed by atoms with van der Waals surface area (Å²) in [4.78, 5) is 18.1. The number of benzene rings is 1. The molecule has 2 heterocycles. The Morgan fingerprint density at radius 1 is 1.20 bits per heavy atom. The molecule has 1 aliphatic heterocycles. The second kappa shape index (κ2) is 7.16. The highest BCUT2D eigenvalue weighted by molar-refractivity contribution is 7.89. The topological polar surface area (TPSA) is 93.4 Å². The molecule has 1 atom stereocenters. The Bertz CT molecular complexity index is 895. The maximum atomic E-state index is 12.2. The van der Waals surface area contributed by atoms with Crippen molar-refractivity contribution in [1.29, 1.82) is 0 Å². The standard InChI is InChI=1S/C18H19N3O3S/c19-25(23,24)13-15-11-18(22)21(12-15)17-6-3-4-14(10-17)7-8-16-5-1-2-9-20-16/h1-10,15H,11-13H2,(H2,19,23,24). The van der Waals surface area contributed by atoms with Gasteiger partial charge in [-0.1, -0.05) is 24.3 Å². The van der Waals surface area contributed by atoms with Crippen molar-refractivity contribution in [3.63, 3.8) is 0 Å². The zero-order chi connectivity index (χ0) is 17.9. The molecular formula is C18H19N3O3S. The van der Waals surface area contributed by atoms with Crippen LogP contribution >= 0.6 is 0 Å². The van der Waals surface area contributed by atoms with Crippen molar-refractivity contribution in [1.82, 2.24) is 4.98 Å².